The third-order valence-corrected chi connectivity index (χ3v) is 4.88. The lowest BCUT2D eigenvalue weighted by molar-refractivity contribution is -0.384. The number of ether oxygens (including phenoxy) is 2. The second-order valence-electron chi connectivity index (χ2n) is 6.90. The summed E-state index contributed by atoms with van der Waals surface area (Å²) in [5, 5.41) is 17.2. The molecule has 0 spiro atoms. The minimum absolute atomic E-state index is 0.137. The Hall–Kier alpha value is -4.61. The van der Waals surface area contributed by atoms with Gasteiger partial charge in [-0.05, 0) is 24.3 Å². The topological polar surface area (TPSA) is 155 Å². The fourth-order valence-electron chi connectivity index (χ4n) is 3.28. The standard InChI is InChI=1S/C21H22N8O4/c1-32-16-5-3-13(11-17(16)33-2)14-12-19-24-9-10-28(19)21(26-14)25-8-7-23-18-6-4-15(29(30)31)20(22)27-18/h3-6,9-12H,7-8H2,1-2H3,(H,25,26)(H3,22,23,27). The van der Waals surface area contributed by atoms with Crippen LogP contribution in [0, 0.1) is 10.1 Å². The number of benzene rings is 1. The van der Waals surface area contributed by atoms with Gasteiger partial charge < -0.3 is 25.8 Å². The molecule has 12 heteroatoms. The minimum atomic E-state index is -0.568. The molecule has 0 saturated carbocycles. The first-order valence-corrected chi connectivity index (χ1v) is 9.95. The van der Waals surface area contributed by atoms with Crippen LogP contribution in [0.1, 0.15) is 0 Å². The number of aromatic nitrogens is 4. The number of nitro groups is 1. The average Bonchev–Trinajstić information content (AvgIpc) is 3.30. The molecule has 0 amide bonds. The number of imidazole rings is 1. The van der Waals surface area contributed by atoms with E-state index >= 15 is 0 Å². The summed E-state index contributed by atoms with van der Waals surface area (Å²) in [7, 11) is 3.17. The van der Waals surface area contributed by atoms with Crippen LogP contribution in [-0.4, -0.2) is 51.6 Å². The van der Waals surface area contributed by atoms with E-state index in [-0.39, 0.29) is 11.5 Å². The molecular weight excluding hydrogens is 428 g/mol. The van der Waals surface area contributed by atoms with Gasteiger partial charge in [-0.2, -0.15) is 0 Å². The number of nitrogen functional groups attached to an aromatic ring is 1. The van der Waals surface area contributed by atoms with Crippen molar-refractivity contribution in [3.8, 4) is 22.8 Å². The molecule has 0 aliphatic rings. The van der Waals surface area contributed by atoms with Crippen LogP contribution >= 0.6 is 0 Å². The van der Waals surface area contributed by atoms with Crippen LogP contribution in [0.2, 0.25) is 0 Å². The Kier molecular flexibility index (Phi) is 6.06. The molecule has 12 nitrogen and oxygen atoms in total. The summed E-state index contributed by atoms with van der Waals surface area (Å²) >= 11 is 0. The van der Waals surface area contributed by atoms with Crippen molar-refractivity contribution in [3.05, 3.63) is 58.9 Å². The Labute approximate surface area is 188 Å². The van der Waals surface area contributed by atoms with Crippen LogP contribution in [0.15, 0.2) is 48.8 Å². The molecule has 3 aromatic heterocycles. The molecule has 0 fully saturated rings. The number of methoxy groups -OCH3 is 2. The lowest BCUT2D eigenvalue weighted by atomic mass is 10.1. The molecule has 0 bridgehead atoms. The van der Waals surface area contributed by atoms with E-state index in [1.165, 1.54) is 12.1 Å². The van der Waals surface area contributed by atoms with Crippen molar-refractivity contribution in [2.24, 2.45) is 0 Å². The van der Waals surface area contributed by atoms with E-state index in [4.69, 9.17) is 20.2 Å². The summed E-state index contributed by atoms with van der Waals surface area (Å²) in [6.45, 7) is 0.969. The number of nitrogens with zero attached hydrogens (tertiary/aromatic N) is 5. The minimum Gasteiger partial charge on any atom is -0.493 e. The maximum atomic E-state index is 10.9. The van der Waals surface area contributed by atoms with Gasteiger partial charge in [0, 0.05) is 43.2 Å². The fraction of sp³-hybridized carbons (Fsp3) is 0.190. The quantitative estimate of drug-likeness (QED) is 0.197. The maximum Gasteiger partial charge on any atom is 0.311 e. The second kappa shape index (κ2) is 9.26. The van der Waals surface area contributed by atoms with Gasteiger partial charge in [-0.3, -0.25) is 14.5 Å². The molecule has 3 heterocycles. The van der Waals surface area contributed by atoms with Crippen molar-refractivity contribution >= 4 is 28.9 Å². The molecule has 33 heavy (non-hydrogen) atoms. The van der Waals surface area contributed by atoms with Gasteiger partial charge in [0.25, 0.3) is 0 Å². The van der Waals surface area contributed by atoms with Gasteiger partial charge in [0.05, 0.1) is 24.8 Å². The van der Waals surface area contributed by atoms with E-state index < -0.39 is 4.92 Å². The Morgan fingerprint density at radius 1 is 1.06 bits per heavy atom. The van der Waals surface area contributed by atoms with Crippen molar-refractivity contribution in [2.75, 3.05) is 43.7 Å². The molecule has 0 saturated heterocycles. The van der Waals surface area contributed by atoms with Crippen molar-refractivity contribution in [1.82, 2.24) is 19.4 Å². The van der Waals surface area contributed by atoms with Crippen LogP contribution in [0.3, 0.4) is 0 Å². The van der Waals surface area contributed by atoms with Crippen LogP contribution in [0.5, 0.6) is 11.5 Å². The van der Waals surface area contributed by atoms with Gasteiger partial charge in [-0.1, -0.05) is 0 Å². The molecule has 0 atom stereocenters. The zero-order valence-corrected chi connectivity index (χ0v) is 18.0. The highest BCUT2D eigenvalue weighted by Crippen LogP contribution is 2.32. The largest absolute Gasteiger partial charge is 0.493 e. The van der Waals surface area contributed by atoms with E-state index in [1.807, 2.05) is 34.9 Å². The van der Waals surface area contributed by atoms with Gasteiger partial charge in [-0.25, -0.2) is 15.0 Å². The van der Waals surface area contributed by atoms with Crippen molar-refractivity contribution < 1.29 is 14.4 Å². The molecule has 0 aliphatic heterocycles. The third-order valence-electron chi connectivity index (χ3n) is 4.88. The highest BCUT2D eigenvalue weighted by Gasteiger charge is 2.13. The normalized spacial score (nSPS) is 10.7. The second-order valence-corrected chi connectivity index (χ2v) is 6.90. The number of hydrogen-bond acceptors (Lipinski definition) is 10. The Morgan fingerprint density at radius 3 is 2.58 bits per heavy atom. The molecule has 1 aromatic carbocycles. The number of rotatable bonds is 9. The first kappa shape index (κ1) is 21.6. The summed E-state index contributed by atoms with van der Waals surface area (Å²) in [5.74, 6) is 2.15. The molecular formula is C21H22N8O4. The van der Waals surface area contributed by atoms with E-state index in [1.54, 1.807) is 20.4 Å². The Morgan fingerprint density at radius 2 is 1.85 bits per heavy atom. The van der Waals surface area contributed by atoms with Crippen LogP contribution in [0.25, 0.3) is 16.9 Å². The summed E-state index contributed by atoms with van der Waals surface area (Å²) in [6.07, 6.45) is 3.51. The number of fused-ring (bicyclic) bond motifs is 1. The Balaban J connectivity index is 1.50. The molecule has 0 radical (unpaired) electrons. The summed E-state index contributed by atoms with van der Waals surface area (Å²) < 4.78 is 12.6. The summed E-state index contributed by atoms with van der Waals surface area (Å²) in [4.78, 5) is 23.4. The highest BCUT2D eigenvalue weighted by molar-refractivity contribution is 5.69. The number of nitrogens with two attached hydrogens (primary N) is 1. The molecule has 4 rings (SSSR count). The van der Waals surface area contributed by atoms with E-state index in [0.717, 1.165) is 16.9 Å². The maximum absolute atomic E-state index is 10.9. The van der Waals surface area contributed by atoms with Crippen LogP contribution < -0.4 is 25.8 Å². The molecule has 4 aromatic rings. The average molecular weight is 450 g/mol. The zero-order valence-electron chi connectivity index (χ0n) is 18.0. The van der Waals surface area contributed by atoms with E-state index in [2.05, 4.69) is 20.6 Å². The monoisotopic (exact) mass is 450 g/mol. The van der Waals surface area contributed by atoms with Crippen molar-refractivity contribution in [2.45, 2.75) is 0 Å². The van der Waals surface area contributed by atoms with Crippen molar-refractivity contribution in [3.63, 3.8) is 0 Å². The van der Waals surface area contributed by atoms with Gasteiger partial charge in [0.15, 0.2) is 11.5 Å². The van der Waals surface area contributed by atoms with Gasteiger partial charge >= 0.3 is 5.69 Å². The SMILES string of the molecule is COc1ccc(-c2cc3nccn3c(NCCNc3ccc([N+](=O)[O-])c(N)n3)n2)cc1OC. The smallest absolute Gasteiger partial charge is 0.311 e. The Bertz CT molecular complexity index is 1310. The van der Waals surface area contributed by atoms with Gasteiger partial charge in [-0.15, -0.1) is 0 Å². The number of anilines is 3. The molecule has 0 unspecified atom stereocenters. The van der Waals surface area contributed by atoms with Crippen molar-refractivity contribution in [1.29, 1.82) is 0 Å². The highest BCUT2D eigenvalue weighted by atomic mass is 16.6. The predicted octanol–water partition coefficient (Wildman–Crippen LogP) is 2.82. The fourth-order valence-corrected chi connectivity index (χ4v) is 3.28. The first-order chi connectivity index (χ1) is 16.0. The van der Waals surface area contributed by atoms with Gasteiger partial charge in [0.2, 0.25) is 11.8 Å². The van der Waals surface area contributed by atoms with Crippen LogP contribution in [-0.2, 0) is 0 Å². The molecule has 0 aliphatic carbocycles. The van der Waals surface area contributed by atoms with E-state index in [0.29, 0.717) is 36.4 Å². The molecule has 170 valence electrons. The number of hydrogen-bond donors (Lipinski definition) is 3. The summed E-state index contributed by atoms with van der Waals surface area (Å²) in [5.41, 5.74) is 7.71. The first-order valence-electron chi connectivity index (χ1n) is 9.95. The van der Waals surface area contributed by atoms with Crippen LogP contribution in [0.4, 0.5) is 23.3 Å². The lowest BCUT2D eigenvalue weighted by Crippen LogP contribution is -2.17. The summed E-state index contributed by atoms with van der Waals surface area (Å²) in [6, 6.07) is 10.3. The molecule has 4 N–H and O–H groups in total. The zero-order chi connectivity index (χ0) is 23.4. The number of nitrogens with one attached hydrogen (secondary N) is 2. The third kappa shape index (κ3) is 4.54. The lowest BCUT2D eigenvalue weighted by Gasteiger charge is -2.13. The predicted molar refractivity (Wildman–Crippen MR) is 124 cm³/mol. The number of pyridine rings is 1. The van der Waals surface area contributed by atoms with E-state index in [9.17, 15) is 10.1 Å². The van der Waals surface area contributed by atoms with Gasteiger partial charge in [0.1, 0.15) is 11.5 Å².